The van der Waals surface area contributed by atoms with Gasteiger partial charge in [0.25, 0.3) is 5.91 Å². The van der Waals surface area contributed by atoms with Crippen LogP contribution in [0.1, 0.15) is 30.0 Å². The van der Waals surface area contributed by atoms with E-state index in [-0.39, 0.29) is 24.1 Å². The maximum absolute atomic E-state index is 12.5. The van der Waals surface area contributed by atoms with Gasteiger partial charge in [0, 0.05) is 11.6 Å². The van der Waals surface area contributed by atoms with Crippen LogP contribution in [0.5, 0.6) is 5.75 Å². The Kier molecular flexibility index (Phi) is 4.26. The number of aromatic nitrogens is 1. The van der Waals surface area contributed by atoms with Gasteiger partial charge in [0.1, 0.15) is 17.6 Å². The van der Waals surface area contributed by atoms with Crippen LogP contribution < -0.4 is 15.0 Å². The molecule has 0 aliphatic carbocycles. The number of rotatable bonds is 4. The first kappa shape index (κ1) is 16.7. The molecule has 0 radical (unpaired) electrons. The number of benzene rings is 1. The van der Waals surface area contributed by atoms with Crippen LogP contribution in [-0.2, 0) is 9.59 Å². The van der Waals surface area contributed by atoms with Gasteiger partial charge in [0.2, 0.25) is 5.91 Å². The summed E-state index contributed by atoms with van der Waals surface area (Å²) in [6.07, 6.45) is 0. The third-order valence-electron chi connectivity index (χ3n) is 3.89. The molecular formula is C17H17N3O5. The minimum absolute atomic E-state index is 0.143. The molecule has 3 rings (SSSR count). The number of amides is 2. The topological polar surface area (TPSA) is 102 Å². The Bertz CT molecular complexity index is 858. The molecule has 0 bridgehead atoms. The predicted octanol–water partition coefficient (Wildman–Crippen LogP) is 1.94. The Labute approximate surface area is 143 Å². The average molecular weight is 343 g/mol. The van der Waals surface area contributed by atoms with Crippen LogP contribution in [0.15, 0.2) is 28.8 Å². The van der Waals surface area contributed by atoms with E-state index < -0.39 is 11.9 Å². The third kappa shape index (κ3) is 3.23. The van der Waals surface area contributed by atoms with Crippen molar-refractivity contribution in [3.63, 3.8) is 0 Å². The molecule has 8 heteroatoms. The summed E-state index contributed by atoms with van der Waals surface area (Å²) in [5.74, 6) is 0.335. The molecule has 25 heavy (non-hydrogen) atoms. The zero-order valence-corrected chi connectivity index (χ0v) is 14.0. The van der Waals surface area contributed by atoms with Gasteiger partial charge in [-0.3, -0.25) is 19.3 Å². The molecule has 1 aromatic carbocycles. The largest absolute Gasteiger partial charge is 0.482 e. The smallest absolute Gasteiger partial charge is 0.265 e. The van der Waals surface area contributed by atoms with Crippen molar-refractivity contribution in [2.45, 2.75) is 26.8 Å². The summed E-state index contributed by atoms with van der Waals surface area (Å²) >= 11 is 0. The third-order valence-corrected chi connectivity index (χ3v) is 3.89. The van der Waals surface area contributed by atoms with Gasteiger partial charge in [-0.2, -0.15) is 0 Å². The van der Waals surface area contributed by atoms with Crippen molar-refractivity contribution in [1.29, 1.82) is 0 Å². The van der Waals surface area contributed by atoms with E-state index in [1.165, 1.54) is 11.8 Å². The highest BCUT2D eigenvalue weighted by Gasteiger charge is 2.33. The number of carbonyl (C=O) groups excluding carboxylic acids is 3. The lowest BCUT2D eigenvalue weighted by atomic mass is 10.1. The fraction of sp³-hybridized carbons (Fsp3) is 0.294. The normalized spacial score (nSPS) is 14.5. The van der Waals surface area contributed by atoms with E-state index in [1.54, 1.807) is 38.1 Å². The fourth-order valence-electron chi connectivity index (χ4n) is 2.59. The number of hydrogen-bond donors (Lipinski definition) is 1. The molecule has 0 spiro atoms. The van der Waals surface area contributed by atoms with Gasteiger partial charge in [-0.05, 0) is 39.0 Å². The standard InChI is InChI=1S/C17H17N3O5/c1-9-6-15(19-25-9)18-17(23)10(2)20-13-7-12(11(3)21)4-5-14(13)24-8-16(20)22/h4-7,10H,8H2,1-3H3,(H,18,19,23). The lowest BCUT2D eigenvalue weighted by Gasteiger charge is -2.33. The fourth-order valence-corrected chi connectivity index (χ4v) is 2.59. The minimum atomic E-state index is -0.825. The van der Waals surface area contributed by atoms with Crippen molar-refractivity contribution in [2.24, 2.45) is 0 Å². The summed E-state index contributed by atoms with van der Waals surface area (Å²) < 4.78 is 10.3. The van der Waals surface area contributed by atoms with Crippen molar-refractivity contribution in [1.82, 2.24) is 5.16 Å². The van der Waals surface area contributed by atoms with Gasteiger partial charge < -0.3 is 14.6 Å². The molecule has 8 nitrogen and oxygen atoms in total. The lowest BCUT2D eigenvalue weighted by Crippen LogP contribution is -2.49. The van der Waals surface area contributed by atoms with Crippen LogP contribution in [-0.4, -0.2) is 35.4 Å². The van der Waals surface area contributed by atoms with E-state index in [4.69, 9.17) is 9.26 Å². The highest BCUT2D eigenvalue weighted by molar-refractivity contribution is 6.07. The summed E-state index contributed by atoms with van der Waals surface area (Å²) in [6, 6.07) is 5.55. The van der Waals surface area contributed by atoms with Gasteiger partial charge >= 0.3 is 0 Å². The van der Waals surface area contributed by atoms with Gasteiger partial charge in [-0.15, -0.1) is 0 Å². The summed E-state index contributed by atoms with van der Waals surface area (Å²) in [7, 11) is 0. The molecule has 0 saturated heterocycles. The summed E-state index contributed by atoms with van der Waals surface area (Å²) in [6.45, 7) is 4.56. The van der Waals surface area contributed by atoms with Crippen LogP contribution in [0.25, 0.3) is 0 Å². The van der Waals surface area contributed by atoms with Crippen LogP contribution >= 0.6 is 0 Å². The maximum Gasteiger partial charge on any atom is 0.265 e. The molecule has 0 saturated carbocycles. The van der Waals surface area contributed by atoms with Crippen molar-refractivity contribution in [3.05, 3.63) is 35.6 Å². The zero-order valence-electron chi connectivity index (χ0n) is 14.0. The number of nitrogens with zero attached hydrogens (tertiary/aromatic N) is 2. The molecular weight excluding hydrogens is 326 g/mol. The van der Waals surface area contributed by atoms with Crippen LogP contribution in [0.4, 0.5) is 11.5 Å². The first-order valence-corrected chi connectivity index (χ1v) is 7.71. The maximum atomic E-state index is 12.5. The Morgan fingerprint density at radius 3 is 2.72 bits per heavy atom. The average Bonchev–Trinajstić information content (AvgIpc) is 2.98. The van der Waals surface area contributed by atoms with Gasteiger partial charge in [0.05, 0.1) is 5.69 Å². The molecule has 1 unspecified atom stereocenters. The molecule has 1 aliphatic rings. The number of Topliss-reactive ketones (excluding diaryl/α,β-unsaturated/α-hetero) is 1. The zero-order chi connectivity index (χ0) is 18.1. The summed E-state index contributed by atoms with van der Waals surface area (Å²) in [5.41, 5.74) is 0.824. The lowest BCUT2D eigenvalue weighted by molar-refractivity contribution is -0.125. The SMILES string of the molecule is CC(=O)c1ccc2c(c1)N(C(C)C(=O)Nc1cc(C)on1)C(=O)CO2. The Balaban J connectivity index is 1.90. The van der Waals surface area contributed by atoms with E-state index in [9.17, 15) is 14.4 Å². The second-order valence-corrected chi connectivity index (χ2v) is 5.78. The van der Waals surface area contributed by atoms with E-state index in [0.29, 0.717) is 22.8 Å². The molecule has 2 heterocycles. The number of nitrogens with one attached hydrogen (secondary N) is 1. The van der Waals surface area contributed by atoms with Crippen molar-refractivity contribution in [3.8, 4) is 5.75 Å². The minimum Gasteiger partial charge on any atom is -0.482 e. The van der Waals surface area contributed by atoms with Crippen LogP contribution in [0.2, 0.25) is 0 Å². The Hall–Kier alpha value is -3.16. The molecule has 1 N–H and O–H groups in total. The highest BCUT2D eigenvalue weighted by atomic mass is 16.5. The summed E-state index contributed by atoms with van der Waals surface area (Å²) in [5, 5.41) is 6.31. The van der Waals surface area contributed by atoms with Crippen LogP contribution in [0.3, 0.4) is 0 Å². The molecule has 2 amide bonds. The number of anilines is 2. The van der Waals surface area contributed by atoms with E-state index in [1.807, 2.05) is 0 Å². The first-order valence-electron chi connectivity index (χ1n) is 7.71. The number of aryl methyl sites for hydroxylation is 1. The molecule has 0 fully saturated rings. The summed E-state index contributed by atoms with van der Waals surface area (Å²) in [4.78, 5) is 37.8. The second-order valence-electron chi connectivity index (χ2n) is 5.78. The molecule has 1 aliphatic heterocycles. The number of fused-ring (bicyclic) bond motifs is 1. The number of ketones is 1. The van der Waals surface area contributed by atoms with Gasteiger partial charge in [-0.1, -0.05) is 5.16 Å². The van der Waals surface area contributed by atoms with Crippen LogP contribution in [0, 0.1) is 6.92 Å². The molecule has 1 atom stereocenters. The van der Waals surface area contributed by atoms with Gasteiger partial charge in [0.15, 0.2) is 18.2 Å². The quantitative estimate of drug-likeness (QED) is 0.851. The van der Waals surface area contributed by atoms with E-state index in [0.717, 1.165) is 0 Å². The number of ether oxygens (including phenoxy) is 1. The van der Waals surface area contributed by atoms with Crippen molar-refractivity contribution < 1.29 is 23.6 Å². The first-order chi connectivity index (χ1) is 11.9. The number of carbonyl (C=O) groups is 3. The second kappa shape index (κ2) is 6.39. The molecule has 2 aromatic rings. The highest BCUT2D eigenvalue weighted by Crippen LogP contribution is 2.34. The monoisotopic (exact) mass is 343 g/mol. The number of hydrogen-bond acceptors (Lipinski definition) is 6. The molecule has 1 aromatic heterocycles. The van der Waals surface area contributed by atoms with E-state index in [2.05, 4.69) is 10.5 Å². The molecule has 130 valence electrons. The Morgan fingerprint density at radius 1 is 1.32 bits per heavy atom. The van der Waals surface area contributed by atoms with Crippen molar-refractivity contribution >= 4 is 29.1 Å². The van der Waals surface area contributed by atoms with Gasteiger partial charge in [-0.25, -0.2) is 0 Å². The van der Waals surface area contributed by atoms with Crippen molar-refractivity contribution in [2.75, 3.05) is 16.8 Å². The van der Waals surface area contributed by atoms with E-state index >= 15 is 0 Å². The predicted molar refractivity (Wildman–Crippen MR) is 88.8 cm³/mol. The Morgan fingerprint density at radius 2 is 2.08 bits per heavy atom.